The molecule has 0 saturated carbocycles. The summed E-state index contributed by atoms with van der Waals surface area (Å²) in [6.07, 6.45) is 3.59. The zero-order valence-corrected chi connectivity index (χ0v) is 14.0. The summed E-state index contributed by atoms with van der Waals surface area (Å²) in [6, 6.07) is 8.88. The van der Waals surface area contributed by atoms with Gasteiger partial charge >= 0.3 is 0 Å². The molecule has 1 fully saturated rings. The van der Waals surface area contributed by atoms with E-state index in [0.29, 0.717) is 11.5 Å². The first kappa shape index (κ1) is 16.3. The van der Waals surface area contributed by atoms with Crippen molar-refractivity contribution < 1.29 is 4.74 Å². The van der Waals surface area contributed by atoms with Crippen molar-refractivity contribution in [3.63, 3.8) is 0 Å². The number of para-hydroxylation sites is 1. The zero-order valence-electron chi connectivity index (χ0n) is 14.0. The van der Waals surface area contributed by atoms with Gasteiger partial charge in [0.25, 0.3) is 0 Å². The predicted octanol–water partition coefficient (Wildman–Crippen LogP) is 2.95. The maximum Gasteiger partial charge on any atom is 0.122 e. The molecule has 0 amide bonds. The van der Waals surface area contributed by atoms with Crippen molar-refractivity contribution in [3.05, 3.63) is 29.8 Å². The SMILES string of the molecule is COc1ccccc1CC(C)N(C)CC1(C)CCNCC1. The highest BCUT2D eigenvalue weighted by Gasteiger charge is 2.29. The molecule has 1 aromatic rings. The minimum Gasteiger partial charge on any atom is -0.496 e. The van der Waals surface area contributed by atoms with Crippen molar-refractivity contribution in [1.29, 1.82) is 0 Å². The van der Waals surface area contributed by atoms with Crippen molar-refractivity contribution in [3.8, 4) is 5.75 Å². The van der Waals surface area contributed by atoms with Crippen LogP contribution >= 0.6 is 0 Å². The molecular weight excluding hydrogens is 260 g/mol. The van der Waals surface area contributed by atoms with Crippen molar-refractivity contribution in [2.45, 2.75) is 39.2 Å². The first-order valence-electron chi connectivity index (χ1n) is 8.07. The van der Waals surface area contributed by atoms with Gasteiger partial charge in [-0.15, -0.1) is 0 Å². The number of hydrogen-bond acceptors (Lipinski definition) is 3. The van der Waals surface area contributed by atoms with Crippen LogP contribution in [0.25, 0.3) is 0 Å². The van der Waals surface area contributed by atoms with E-state index in [2.05, 4.69) is 49.3 Å². The predicted molar refractivity (Wildman–Crippen MR) is 89.0 cm³/mol. The molecule has 0 aromatic heterocycles. The Morgan fingerprint density at radius 3 is 2.62 bits per heavy atom. The van der Waals surface area contributed by atoms with Gasteiger partial charge in [0.05, 0.1) is 7.11 Å². The number of likely N-dealkylation sites (N-methyl/N-ethyl adjacent to an activating group) is 1. The van der Waals surface area contributed by atoms with Crippen molar-refractivity contribution in [2.75, 3.05) is 33.8 Å². The monoisotopic (exact) mass is 290 g/mol. The van der Waals surface area contributed by atoms with E-state index >= 15 is 0 Å². The van der Waals surface area contributed by atoms with Gasteiger partial charge in [-0.1, -0.05) is 25.1 Å². The van der Waals surface area contributed by atoms with Crippen LogP contribution in [0.2, 0.25) is 0 Å². The number of methoxy groups -OCH3 is 1. The maximum atomic E-state index is 5.47. The zero-order chi connectivity index (χ0) is 15.3. The summed E-state index contributed by atoms with van der Waals surface area (Å²) in [5.74, 6) is 1.01. The van der Waals surface area contributed by atoms with Gasteiger partial charge < -0.3 is 15.0 Å². The van der Waals surface area contributed by atoms with Gasteiger partial charge in [0, 0.05) is 12.6 Å². The third kappa shape index (κ3) is 4.45. The minimum atomic E-state index is 0.453. The Labute approximate surface area is 129 Å². The van der Waals surface area contributed by atoms with Gasteiger partial charge in [-0.2, -0.15) is 0 Å². The molecule has 1 N–H and O–H groups in total. The van der Waals surface area contributed by atoms with Gasteiger partial charge in [-0.05, 0) is 63.4 Å². The topological polar surface area (TPSA) is 24.5 Å². The molecule has 1 heterocycles. The molecule has 1 aliphatic rings. The lowest BCUT2D eigenvalue weighted by Gasteiger charge is -2.39. The number of nitrogens with zero attached hydrogens (tertiary/aromatic N) is 1. The van der Waals surface area contributed by atoms with Crippen LogP contribution in [-0.2, 0) is 6.42 Å². The molecule has 3 nitrogen and oxygen atoms in total. The van der Waals surface area contributed by atoms with Gasteiger partial charge in [0.1, 0.15) is 5.75 Å². The summed E-state index contributed by atoms with van der Waals surface area (Å²) >= 11 is 0. The molecule has 1 aromatic carbocycles. The summed E-state index contributed by atoms with van der Waals surface area (Å²) in [4.78, 5) is 2.51. The Balaban J connectivity index is 1.94. The summed E-state index contributed by atoms with van der Waals surface area (Å²) in [5, 5.41) is 3.46. The highest BCUT2D eigenvalue weighted by Crippen LogP contribution is 2.30. The first-order chi connectivity index (χ1) is 10.0. The van der Waals surface area contributed by atoms with Crippen LogP contribution in [0.3, 0.4) is 0 Å². The van der Waals surface area contributed by atoms with E-state index in [0.717, 1.165) is 25.3 Å². The van der Waals surface area contributed by atoms with E-state index in [1.165, 1.54) is 24.9 Å². The van der Waals surface area contributed by atoms with Crippen LogP contribution in [0, 0.1) is 5.41 Å². The number of nitrogens with one attached hydrogen (secondary N) is 1. The molecule has 1 unspecified atom stereocenters. The van der Waals surface area contributed by atoms with E-state index in [1.807, 2.05) is 6.07 Å². The second kappa shape index (κ2) is 7.28. The molecule has 2 rings (SSSR count). The third-order valence-electron chi connectivity index (χ3n) is 4.90. The maximum absolute atomic E-state index is 5.47. The Morgan fingerprint density at radius 2 is 1.95 bits per heavy atom. The van der Waals surface area contributed by atoms with Crippen LogP contribution in [0.4, 0.5) is 0 Å². The second-order valence-corrected chi connectivity index (χ2v) is 6.84. The van der Waals surface area contributed by atoms with E-state index in [9.17, 15) is 0 Å². The van der Waals surface area contributed by atoms with Crippen LogP contribution in [-0.4, -0.2) is 44.7 Å². The minimum absolute atomic E-state index is 0.453. The normalized spacial score (nSPS) is 19.5. The van der Waals surface area contributed by atoms with Gasteiger partial charge in [0.2, 0.25) is 0 Å². The summed E-state index contributed by atoms with van der Waals surface area (Å²) in [7, 11) is 4.01. The van der Waals surface area contributed by atoms with E-state index in [1.54, 1.807) is 7.11 Å². The molecule has 1 atom stereocenters. The Bertz CT molecular complexity index is 441. The number of rotatable bonds is 6. The number of piperidine rings is 1. The van der Waals surface area contributed by atoms with E-state index in [-0.39, 0.29) is 0 Å². The summed E-state index contributed by atoms with van der Waals surface area (Å²) in [6.45, 7) is 8.23. The number of hydrogen-bond donors (Lipinski definition) is 1. The number of ether oxygens (including phenoxy) is 1. The molecule has 1 aliphatic heterocycles. The molecule has 3 heteroatoms. The highest BCUT2D eigenvalue weighted by atomic mass is 16.5. The third-order valence-corrected chi connectivity index (χ3v) is 4.90. The van der Waals surface area contributed by atoms with Crippen LogP contribution in [0.5, 0.6) is 5.75 Å². The summed E-state index contributed by atoms with van der Waals surface area (Å²) < 4.78 is 5.47. The van der Waals surface area contributed by atoms with Gasteiger partial charge in [-0.25, -0.2) is 0 Å². The molecule has 0 aliphatic carbocycles. The Hall–Kier alpha value is -1.06. The lowest BCUT2D eigenvalue weighted by molar-refractivity contribution is 0.121. The lowest BCUT2D eigenvalue weighted by atomic mass is 9.80. The quantitative estimate of drug-likeness (QED) is 0.872. The van der Waals surface area contributed by atoms with E-state index in [4.69, 9.17) is 4.74 Å². The standard InChI is InChI=1S/C18H30N2O/c1-15(13-16-7-5-6-8-17(16)21-4)20(3)14-18(2)9-11-19-12-10-18/h5-8,15,19H,9-14H2,1-4H3. The molecule has 21 heavy (non-hydrogen) atoms. The Morgan fingerprint density at radius 1 is 1.29 bits per heavy atom. The van der Waals surface area contributed by atoms with Crippen LogP contribution in [0.15, 0.2) is 24.3 Å². The second-order valence-electron chi connectivity index (χ2n) is 6.84. The van der Waals surface area contributed by atoms with Crippen molar-refractivity contribution in [1.82, 2.24) is 10.2 Å². The van der Waals surface area contributed by atoms with Crippen LogP contribution in [0.1, 0.15) is 32.3 Å². The fourth-order valence-corrected chi connectivity index (χ4v) is 3.29. The average Bonchev–Trinajstić information content (AvgIpc) is 2.48. The lowest BCUT2D eigenvalue weighted by Crippen LogP contribution is -2.44. The highest BCUT2D eigenvalue weighted by molar-refractivity contribution is 5.33. The molecule has 1 saturated heterocycles. The summed E-state index contributed by atoms with van der Waals surface area (Å²) in [5.41, 5.74) is 1.75. The van der Waals surface area contributed by atoms with E-state index < -0.39 is 0 Å². The smallest absolute Gasteiger partial charge is 0.122 e. The molecule has 0 radical (unpaired) electrons. The molecule has 0 spiro atoms. The van der Waals surface area contributed by atoms with Crippen molar-refractivity contribution >= 4 is 0 Å². The fourth-order valence-electron chi connectivity index (χ4n) is 3.29. The Kier molecular flexibility index (Phi) is 5.65. The largest absolute Gasteiger partial charge is 0.496 e. The number of benzene rings is 1. The average molecular weight is 290 g/mol. The fraction of sp³-hybridized carbons (Fsp3) is 0.667. The first-order valence-corrected chi connectivity index (χ1v) is 8.07. The van der Waals surface area contributed by atoms with Crippen LogP contribution < -0.4 is 10.1 Å². The molecular formula is C18H30N2O. The molecule has 118 valence electrons. The van der Waals surface area contributed by atoms with Gasteiger partial charge in [-0.3, -0.25) is 0 Å². The van der Waals surface area contributed by atoms with Gasteiger partial charge in [0.15, 0.2) is 0 Å². The van der Waals surface area contributed by atoms with Crippen molar-refractivity contribution in [2.24, 2.45) is 5.41 Å². The molecule has 0 bridgehead atoms.